The van der Waals surface area contributed by atoms with Crippen LogP contribution >= 0.6 is 11.6 Å². The number of carboxylic acids is 1. The minimum atomic E-state index is -1.28. The lowest BCUT2D eigenvalue weighted by atomic mass is 9.66. The van der Waals surface area contributed by atoms with Crippen LogP contribution in [0.5, 0.6) is 0 Å². The summed E-state index contributed by atoms with van der Waals surface area (Å²) in [7, 11) is 0. The van der Waals surface area contributed by atoms with Crippen molar-refractivity contribution >= 4 is 35.1 Å². The van der Waals surface area contributed by atoms with Crippen LogP contribution < -0.4 is 4.90 Å². The molecule has 0 aromatic heterocycles. The van der Waals surface area contributed by atoms with Gasteiger partial charge in [-0.1, -0.05) is 29.8 Å². The fourth-order valence-electron chi connectivity index (χ4n) is 5.84. The number of hydrogen-bond acceptors (Lipinski definition) is 5. The van der Waals surface area contributed by atoms with Crippen LogP contribution in [-0.2, 0) is 19.1 Å². The van der Waals surface area contributed by atoms with Gasteiger partial charge in [-0.2, -0.15) is 0 Å². The Hall–Kier alpha value is -2.42. The summed E-state index contributed by atoms with van der Waals surface area (Å²) < 4.78 is 6.34. The van der Waals surface area contributed by atoms with Crippen molar-refractivity contribution in [3.8, 4) is 0 Å². The Morgan fingerprint density at radius 3 is 2.69 bits per heavy atom. The van der Waals surface area contributed by atoms with E-state index in [1.54, 1.807) is 44.2 Å². The molecule has 3 aliphatic heterocycles. The van der Waals surface area contributed by atoms with Crippen LogP contribution in [0.15, 0.2) is 36.9 Å². The molecule has 9 heteroatoms. The lowest BCUT2D eigenvalue weighted by Crippen LogP contribution is -2.58. The minimum absolute atomic E-state index is 0.134. The molecular weight excluding hydrogens is 436 g/mol. The zero-order valence-electron chi connectivity index (χ0n) is 18.0. The van der Waals surface area contributed by atoms with Crippen LogP contribution in [-0.4, -0.2) is 69.3 Å². The fourth-order valence-corrected chi connectivity index (χ4v) is 6.07. The standard InChI is InChI=1S/C23H27ClN2O6/c1-4-11-25(15-8-6-5-7-14(15)24)20(29)18-23-10-9-22(3,32-23)17(21(30)31)16(23)19(28)26(18)13(2)12-27/h4-8,13,16-18,27H,1,9-12H2,2-3H3,(H,30,31)/t13-,16+,17-,18?,22+,23?/m1/s1. The second kappa shape index (κ2) is 7.86. The van der Waals surface area contributed by atoms with Crippen LogP contribution in [0.4, 0.5) is 5.69 Å². The molecule has 172 valence electrons. The van der Waals surface area contributed by atoms with Gasteiger partial charge in [0.1, 0.15) is 11.6 Å². The second-order valence-electron chi connectivity index (χ2n) is 9.03. The summed E-state index contributed by atoms with van der Waals surface area (Å²) in [5.74, 6) is -4.10. The normalized spacial score (nSPS) is 33.8. The first-order valence-corrected chi connectivity index (χ1v) is 11.0. The molecule has 32 heavy (non-hydrogen) atoms. The summed E-state index contributed by atoms with van der Waals surface area (Å²) in [6, 6.07) is 5.07. The number of anilines is 1. The zero-order chi connectivity index (χ0) is 23.4. The molecule has 6 atom stereocenters. The monoisotopic (exact) mass is 462 g/mol. The van der Waals surface area contributed by atoms with Gasteiger partial charge in [0.25, 0.3) is 5.91 Å². The number of carboxylic acid groups (broad SMARTS) is 1. The van der Waals surface area contributed by atoms with Gasteiger partial charge in [0.2, 0.25) is 5.91 Å². The van der Waals surface area contributed by atoms with Crippen LogP contribution in [0.3, 0.4) is 0 Å². The van der Waals surface area contributed by atoms with Crippen molar-refractivity contribution < 1.29 is 29.3 Å². The molecule has 2 N–H and O–H groups in total. The summed E-state index contributed by atoms with van der Waals surface area (Å²) in [4.78, 5) is 42.6. The molecule has 1 aromatic rings. The highest BCUT2D eigenvalue weighted by atomic mass is 35.5. The van der Waals surface area contributed by atoms with Gasteiger partial charge in [0, 0.05) is 6.54 Å². The summed E-state index contributed by atoms with van der Waals surface area (Å²) in [5.41, 5.74) is -1.86. The molecule has 3 heterocycles. The van der Waals surface area contributed by atoms with Crippen molar-refractivity contribution in [2.75, 3.05) is 18.1 Å². The number of hydrogen-bond donors (Lipinski definition) is 2. The van der Waals surface area contributed by atoms with E-state index in [4.69, 9.17) is 16.3 Å². The molecule has 3 aliphatic rings. The Kier molecular flexibility index (Phi) is 5.59. The SMILES string of the molecule is C=CCN(C(=O)C1N([C@H](C)CO)C(=O)[C@@H]2[C@H](C(=O)O)[C@]3(C)CCC12O3)c1ccccc1Cl. The lowest BCUT2D eigenvalue weighted by Gasteiger charge is -2.38. The summed E-state index contributed by atoms with van der Waals surface area (Å²) >= 11 is 6.38. The Morgan fingerprint density at radius 1 is 1.41 bits per heavy atom. The van der Waals surface area contributed by atoms with E-state index in [2.05, 4.69) is 6.58 Å². The van der Waals surface area contributed by atoms with E-state index in [0.29, 0.717) is 23.6 Å². The van der Waals surface area contributed by atoms with Gasteiger partial charge in [-0.25, -0.2) is 0 Å². The number of para-hydroxylation sites is 1. The van der Waals surface area contributed by atoms with Crippen LogP contribution in [0, 0.1) is 11.8 Å². The smallest absolute Gasteiger partial charge is 0.310 e. The molecule has 3 fully saturated rings. The number of aliphatic carboxylic acids is 1. The molecule has 1 aromatic carbocycles. The third-order valence-corrected chi connectivity index (χ3v) is 7.49. The van der Waals surface area contributed by atoms with E-state index in [9.17, 15) is 24.6 Å². The highest BCUT2D eigenvalue weighted by molar-refractivity contribution is 6.34. The summed E-state index contributed by atoms with van der Waals surface area (Å²) in [6.07, 6.45) is 2.35. The van der Waals surface area contributed by atoms with E-state index in [1.807, 2.05) is 0 Å². The van der Waals surface area contributed by atoms with E-state index in [0.717, 1.165) is 0 Å². The van der Waals surface area contributed by atoms with Gasteiger partial charge in [-0.3, -0.25) is 14.4 Å². The van der Waals surface area contributed by atoms with Crippen LogP contribution in [0.2, 0.25) is 5.02 Å². The number of likely N-dealkylation sites (tertiary alicyclic amines) is 1. The van der Waals surface area contributed by atoms with Crippen molar-refractivity contribution in [2.45, 2.75) is 50.0 Å². The first-order chi connectivity index (χ1) is 15.1. The van der Waals surface area contributed by atoms with E-state index in [-0.39, 0.29) is 13.2 Å². The Balaban J connectivity index is 1.86. The number of aliphatic hydroxyl groups excluding tert-OH is 1. The number of rotatable bonds is 7. The molecular formula is C23H27ClN2O6. The van der Waals surface area contributed by atoms with Gasteiger partial charge in [0.15, 0.2) is 0 Å². The molecule has 0 radical (unpaired) electrons. The molecule has 1 spiro atoms. The quantitative estimate of drug-likeness (QED) is 0.601. The Labute approximate surface area is 191 Å². The lowest BCUT2D eigenvalue weighted by molar-refractivity contribution is -0.155. The van der Waals surface area contributed by atoms with Crippen molar-refractivity contribution in [3.05, 3.63) is 41.9 Å². The number of benzene rings is 1. The number of halogens is 1. The zero-order valence-corrected chi connectivity index (χ0v) is 18.8. The number of ether oxygens (including phenoxy) is 1. The van der Waals surface area contributed by atoms with Gasteiger partial charge in [-0.05, 0) is 38.8 Å². The van der Waals surface area contributed by atoms with Crippen molar-refractivity contribution in [1.82, 2.24) is 4.90 Å². The maximum Gasteiger partial charge on any atom is 0.310 e. The van der Waals surface area contributed by atoms with Crippen LogP contribution in [0.25, 0.3) is 0 Å². The van der Waals surface area contributed by atoms with E-state index < -0.39 is 52.9 Å². The molecule has 4 rings (SSSR count). The second-order valence-corrected chi connectivity index (χ2v) is 9.44. The number of aliphatic hydroxyl groups is 1. The summed E-state index contributed by atoms with van der Waals surface area (Å²) in [5, 5.41) is 20.2. The third-order valence-electron chi connectivity index (χ3n) is 7.17. The maximum atomic E-state index is 14.1. The number of amides is 2. The van der Waals surface area contributed by atoms with Crippen LogP contribution in [0.1, 0.15) is 26.7 Å². The molecule has 2 unspecified atom stereocenters. The van der Waals surface area contributed by atoms with E-state index >= 15 is 0 Å². The highest BCUT2D eigenvalue weighted by Gasteiger charge is 2.78. The average Bonchev–Trinajstić information content (AvgIpc) is 3.32. The average molecular weight is 463 g/mol. The van der Waals surface area contributed by atoms with Gasteiger partial charge in [0.05, 0.1) is 40.8 Å². The maximum absolute atomic E-state index is 14.1. The number of carbonyl (C=O) groups excluding carboxylic acids is 2. The molecule has 0 aliphatic carbocycles. The topological polar surface area (TPSA) is 107 Å². The predicted molar refractivity (Wildman–Crippen MR) is 117 cm³/mol. The first kappa shape index (κ1) is 22.8. The Bertz CT molecular complexity index is 985. The van der Waals surface area contributed by atoms with Crippen molar-refractivity contribution in [1.29, 1.82) is 0 Å². The highest BCUT2D eigenvalue weighted by Crippen LogP contribution is 2.63. The predicted octanol–water partition coefficient (Wildman–Crippen LogP) is 2.09. The van der Waals surface area contributed by atoms with Crippen molar-refractivity contribution in [2.24, 2.45) is 11.8 Å². The molecule has 8 nitrogen and oxygen atoms in total. The molecule has 2 amide bonds. The largest absolute Gasteiger partial charge is 0.481 e. The minimum Gasteiger partial charge on any atom is -0.481 e. The number of carbonyl (C=O) groups is 3. The molecule has 3 saturated heterocycles. The van der Waals surface area contributed by atoms with Gasteiger partial charge >= 0.3 is 5.97 Å². The van der Waals surface area contributed by atoms with Gasteiger partial charge in [-0.15, -0.1) is 6.58 Å². The van der Waals surface area contributed by atoms with Crippen molar-refractivity contribution in [3.63, 3.8) is 0 Å². The summed E-state index contributed by atoms with van der Waals surface area (Å²) in [6.45, 7) is 6.83. The van der Waals surface area contributed by atoms with E-state index in [1.165, 1.54) is 9.80 Å². The number of nitrogens with zero attached hydrogens (tertiary/aromatic N) is 2. The van der Waals surface area contributed by atoms with Gasteiger partial charge < -0.3 is 24.7 Å². The Morgan fingerprint density at radius 2 is 2.09 bits per heavy atom. The number of fused-ring (bicyclic) bond motifs is 1. The molecule has 2 bridgehead atoms. The third kappa shape index (κ3) is 3.00. The molecule has 0 saturated carbocycles. The first-order valence-electron chi connectivity index (χ1n) is 10.7. The fraction of sp³-hybridized carbons (Fsp3) is 0.522.